The molecule has 17 heavy (non-hydrogen) atoms. The second kappa shape index (κ2) is 6.97. The molecule has 0 aromatic heterocycles. The van der Waals surface area contributed by atoms with Crippen molar-refractivity contribution >= 4 is 5.91 Å². The van der Waals surface area contributed by atoms with Crippen LogP contribution in [0, 0.1) is 17.8 Å². The van der Waals surface area contributed by atoms with Crippen molar-refractivity contribution in [2.45, 2.75) is 39.7 Å². The standard InChI is InChI=1S/C13H26N2O2/c1-9(2)10(3)8-15-13(16)12(14)11-4-6-17-7-5-11/h9-12H,4-8,14H2,1-3H3,(H,15,16). The Morgan fingerprint density at radius 1 is 1.35 bits per heavy atom. The minimum absolute atomic E-state index is 0.00981. The molecule has 0 aromatic rings. The number of carbonyl (C=O) groups excluding carboxylic acids is 1. The monoisotopic (exact) mass is 242 g/mol. The van der Waals surface area contributed by atoms with Gasteiger partial charge in [0.2, 0.25) is 5.91 Å². The number of nitrogens with one attached hydrogen (secondary N) is 1. The van der Waals surface area contributed by atoms with E-state index in [1.165, 1.54) is 0 Å². The molecule has 2 atom stereocenters. The second-order valence-corrected chi connectivity index (χ2v) is 5.44. The van der Waals surface area contributed by atoms with Gasteiger partial charge < -0.3 is 15.8 Å². The van der Waals surface area contributed by atoms with Gasteiger partial charge in [-0.1, -0.05) is 20.8 Å². The summed E-state index contributed by atoms with van der Waals surface area (Å²) >= 11 is 0. The normalized spacial score (nSPS) is 21.2. The van der Waals surface area contributed by atoms with E-state index in [0.29, 0.717) is 18.4 Å². The zero-order chi connectivity index (χ0) is 12.8. The SMILES string of the molecule is CC(C)C(C)CNC(=O)C(N)C1CCOCC1. The van der Waals surface area contributed by atoms with Crippen molar-refractivity contribution in [3.63, 3.8) is 0 Å². The van der Waals surface area contributed by atoms with Gasteiger partial charge >= 0.3 is 0 Å². The molecule has 1 heterocycles. The lowest BCUT2D eigenvalue weighted by molar-refractivity contribution is -0.124. The first-order valence-corrected chi connectivity index (χ1v) is 6.63. The number of nitrogens with two attached hydrogens (primary N) is 1. The third-order valence-electron chi connectivity index (χ3n) is 3.81. The van der Waals surface area contributed by atoms with Crippen LogP contribution in [0.1, 0.15) is 33.6 Å². The van der Waals surface area contributed by atoms with Crippen molar-refractivity contribution in [2.24, 2.45) is 23.5 Å². The van der Waals surface area contributed by atoms with Crippen molar-refractivity contribution in [1.29, 1.82) is 0 Å². The molecule has 1 amide bonds. The number of rotatable bonds is 5. The zero-order valence-corrected chi connectivity index (χ0v) is 11.2. The van der Waals surface area contributed by atoms with E-state index in [1.54, 1.807) is 0 Å². The molecule has 1 rings (SSSR count). The average molecular weight is 242 g/mol. The van der Waals surface area contributed by atoms with Gasteiger partial charge in [0.1, 0.15) is 0 Å². The van der Waals surface area contributed by atoms with E-state index < -0.39 is 0 Å². The molecule has 1 aliphatic rings. The fourth-order valence-electron chi connectivity index (χ4n) is 1.90. The maximum atomic E-state index is 11.9. The van der Waals surface area contributed by atoms with E-state index in [2.05, 4.69) is 26.1 Å². The van der Waals surface area contributed by atoms with Gasteiger partial charge in [-0.15, -0.1) is 0 Å². The molecule has 1 fully saturated rings. The number of amides is 1. The van der Waals surface area contributed by atoms with Crippen LogP contribution in [0.3, 0.4) is 0 Å². The van der Waals surface area contributed by atoms with Crippen molar-refractivity contribution in [3.8, 4) is 0 Å². The molecule has 1 saturated heterocycles. The van der Waals surface area contributed by atoms with Gasteiger partial charge in [-0.05, 0) is 30.6 Å². The minimum atomic E-state index is -0.377. The van der Waals surface area contributed by atoms with Crippen LogP contribution >= 0.6 is 0 Å². The molecule has 4 nitrogen and oxygen atoms in total. The highest BCUT2D eigenvalue weighted by Crippen LogP contribution is 2.17. The average Bonchev–Trinajstić information content (AvgIpc) is 2.35. The summed E-state index contributed by atoms with van der Waals surface area (Å²) in [7, 11) is 0. The van der Waals surface area contributed by atoms with Crippen LogP contribution < -0.4 is 11.1 Å². The van der Waals surface area contributed by atoms with Crippen LogP contribution in [0.25, 0.3) is 0 Å². The van der Waals surface area contributed by atoms with E-state index in [9.17, 15) is 4.79 Å². The Labute approximate surface area is 104 Å². The molecule has 2 unspecified atom stereocenters. The molecule has 0 bridgehead atoms. The first-order chi connectivity index (χ1) is 8.02. The third kappa shape index (κ3) is 4.64. The fraction of sp³-hybridized carbons (Fsp3) is 0.923. The maximum absolute atomic E-state index is 11.9. The smallest absolute Gasteiger partial charge is 0.237 e. The van der Waals surface area contributed by atoms with E-state index >= 15 is 0 Å². The Balaban J connectivity index is 2.30. The minimum Gasteiger partial charge on any atom is -0.381 e. The highest BCUT2D eigenvalue weighted by Gasteiger charge is 2.26. The first-order valence-electron chi connectivity index (χ1n) is 6.63. The summed E-state index contributed by atoms with van der Waals surface area (Å²) in [6.07, 6.45) is 1.79. The van der Waals surface area contributed by atoms with Crippen LogP contribution in [-0.2, 0) is 9.53 Å². The summed E-state index contributed by atoms with van der Waals surface area (Å²) < 4.78 is 5.27. The van der Waals surface area contributed by atoms with Crippen molar-refractivity contribution in [2.75, 3.05) is 19.8 Å². The van der Waals surface area contributed by atoms with Crippen molar-refractivity contribution < 1.29 is 9.53 Å². The van der Waals surface area contributed by atoms with Gasteiger partial charge in [-0.2, -0.15) is 0 Å². The van der Waals surface area contributed by atoms with Crippen LogP contribution in [0.4, 0.5) is 0 Å². The molecule has 1 aliphatic heterocycles. The second-order valence-electron chi connectivity index (χ2n) is 5.44. The summed E-state index contributed by atoms with van der Waals surface area (Å²) in [5, 5.41) is 2.96. The summed E-state index contributed by atoms with van der Waals surface area (Å²) in [4.78, 5) is 11.9. The van der Waals surface area contributed by atoms with Gasteiger partial charge in [0.15, 0.2) is 0 Å². The summed E-state index contributed by atoms with van der Waals surface area (Å²) in [6.45, 7) is 8.64. The van der Waals surface area contributed by atoms with Gasteiger partial charge in [0.05, 0.1) is 6.04 Å². The molecular weight excluding hydrogens is 216 g/mol. The maximum Gasteiger partial charge on any atom is 0.237 e. The van der Waals surface area contributed by atoms with Crippen molar-refractivity contribution in [3.05, 3.63) is 0 Å². The number of hydrogen-bond donors (Lipinski definition) is 2. The predicted octanol–water partition coefficient (Wildman–Crippen LogP) is 1.15. The number of carbonyl (C=O) groups is 1. The lowest BCUT2D eigenvalue weighted by Crippen LogP contribution is -2.48. The molecule has 0 saturated carbocycles. The third-order valence-corrected chi connectivity index (χ3v) is 3.81. The highest BCUT2D eigenvalue weighted by atomic mass is 16.5. The first kappa shape index (κ1) is 14.5. The largest absolute Gasteiger partial charge is 0.381 e. The Bertz CT molecular complexity index is 238. The van der Waals surface area contributed by atoms with E-state index in [4.69, 9.17) is 10.5 Å². The van der Waals surface area contributed by atoms with Crippen LogP contribution in [0.2, 0.25) is 0 Å². The number of hydrogen-bond acceptors (Lipinski definition) is 3. The molecule has 0 aromatic carbocycles. The molecular formula is C13H26N2O2. The number of ether oxygens (including phenoxy) is 1. The molecule has 0 spiro atoms. The van der Waals surface area contributed by atoms with E-state index in [0.717, 1.165) is 26.1 Å². The van der Waals surface area contributed by atoms with Gasteiger partial charge in [-0.3, -0.25) is 4.79 Å². The Kier molecular flexibility index (Phi) is 5.92. The molecule has 0 radical (unpaired) electrons. The predicted molar refractivity (Wildman–Crippen MR) is 68.5 cm³/mol. The highest BCUT2D eigenvalue weighted by molar-refractivity contribution is 5.81. The summed E-state index contributed by atoms with van der Waals surface area (Å²) in [5.41, 5.74) is 5.99. The summed E-state index contributed by atoms with van der Waals surface area (Å²) in [6, 6.07) is -0.377. The molecule has 3 N–H and O–H groups in total. The van der Waals surface area contributed by atoms with Crippen LogP contribution in [0.5, 0.6) is 0 Å². The van der Waals surface area contributed by atoms with Crippen LogP contribution in [-0.4, -0.2) is 31.7 Å². The molecule has 100 valence electrons. The molecule has 0 aliphatic carbocycles. The Hall–Kier alpha value is -0.610. The van der Waals surface area contributed by atoms with Crippen molar-refractivity contribution in [1.82, 2.24) is 5.32 Å². The topological polar surface area (TPSA) is 64.4 Å². The van der Waals surface area contributed by atoms with Gasteiger partial charge in [0, 0.05) is 19.8 Å². The van der Waals surface area contributed by atoms with Gasteiger partial charge in [-0.25, -0.2) is 0 Å². The Morgan fingerprint density at radius 2 is 1.94 bits per heavy atom. The fourth-order valence-corrected chi connectivity index (χ4v) is 1.90. The Morgan fingerprint density at radius 3 is 2.47 bits per heavy atom. The zero-order valence-electron chi connectivity index (χ0n) is 11.2. The molecule has 4 heteroatoms. The van der Waals surface area contributed by atoms with E-state index in [1.807, 2.05) is 0 Å². The lowest BCUT2D eigenvalue weighted by Gasteiger charge is -2.27. The van der Waals surface area contributed by atoms with Gasteiger partial charge in [0.25, 0.3) is 0 Å². The lowest BCUT2D eigenvalue weighted by atomic mass is 9.91. The quantitative estimate of drug-likeness (QED) is 0.760. The summed E-state index contributed by atoms with van der Waals surface area (Å²) in [5.74, 6) is 1.33. The van der Waals surface area contributed by atoms with Crippen LogP contribution in [0.15, 0.2) is 0 Å². The van der Waals surface area contributed by atoms with E-state index in [-0.39, 0.29) is 17.9 Å².